The van der Waals surface area contributed by atoms with E-state index in [2.05, 4.69) is 76.5 Å². The van der Waals surface area contributed by atoms with Gasteiger partial charge in [-0.25, -0.2) is 0 Å². The summed E-state index contributed by atoms with van der Waals surface area (Å²) in [7, 11) is -4.40. The minimum atomic E-state index is -1.62. The van der Waals surface area contributed by atoms with Crippen molar-refractivity contribution in [3.05, 3.63) is 41.1 Å². The van der Waals surface area contributed by atoms with Crippen LogP contribution in [0.25, 0.3) is 5.20 Å². The van der Waals surface area contributed by atoms with E-state index in [9.17, 15) is 4.79 Å². The Morgan fingerprint density at radius 1 is 0.867 bits per heavy atom. The molecule has 0 N–H and O–H groups in total. The van der Waals surface area contributed by atoms with Gasteiger partial charge in [0.25, 0.3) is 0 Å². The fourth-order valence-electron chi connectivity index (χ4n) is 7.67. The van der Waals surface area contributed by atoms with Crippen molar-refractivity contribution in [2.24, 2.45) is 23.2 Å². The largest absolute Gasteiger partial charge is 0.305 e. The van der Waals surface area contributed by atoms with Crippen LogP contribution >= 0.6 is 0 Å². The number of carbonyl (C=O) groups is 1. The second-order valence-corrected chi connectivity index (χ2v) is 30.2. The van der Waals surface area contributed by atoms with Crippen LogP contribution in [0.2, 0.25) is 39.3 Å². The Bertz CT molecular complexity index is 806. The van der Waals surface area contributed by atoms with E-state index in [-0.39, 0.29) is 5.41 Å². The van der Waals surface area contributed by atoms with Crippen molar-refractivity contribution in [2.75, 3.05) is 0 Å². The van der Waals surface area contributed by atoms with Crippen molar-refractivity contribution in [1.82, 2.24) is 0 Å². The zero-order valence-corrected chi connectivity index (χ0v) is 23.3. The first-order valence-electron chi connectivity index (χ1n) is 12.1. The Morgan fingerprint density at radius 2 is 1.33 bits per heavy atom. The molecular formula is C26H41OSi3. The summed E-state index contributed by atoms with van der Waals surface area (Å²) in [4.78, 5) is 14.6. The van der Waals surface area contributed by atoms with E-state index >= 15 is 0 Å². The molecule has 1 aromatic rings. The monoisotopic (exact) mass is 453 g/mol. The highest BCUT2D eigenvalue weighted by Gasteiger charge is 2.57. The van der Waals surface area contributed by atoms with Crippen LogP contribution in [-0.4, -0.2) is 29.4 Å². The summed E-state index contributed by atoms with van der Waals surface area (Å²) >= 11 is 0. The van der Waals surface area contributed by atoms with Gasteiger partial charge in [-0.05, 0) is 68.8 Å². The minimum Gasteiger partial charge on any atom is -0.305 e. The Hall–Kier alpha value is -0.719. The second-order valence-electron chi connectivity index (χ2n) is 12.8. The van der Waals surface area contributed by atoms with Gasteiger partial charge in [-0.2, -0.15) is 0 Å². The van der Waals surface area contributed by atoms with Crippen LogP contribution in [0.5, 0.6) is 0 Å². The van der Waals surface area contributed by atoms with Crippen molar-refractivity contribution < 1.29 is 4.79 Å². The number of rotatable bonds is 6. The van der Waals surface area contributed by atoms with Crippen LogP contribution in [0, 0.1) is 23.2 Å². The van der Waals surface area contributed by atoms with Gasteiger partial charge in [0, 0.05) is 5.41 Å². The van der Waals surface area contributed by atoms with Crippen molar-refractivity contribution in [1.29, 1.82) is 0 Å². The van der Waals surface area contributed by atoms with Gasteiger partial charge in [-0.1, -0.05) is 80.0 Å². The number of benzene rings is 1. The molecule has 0 spiro atoms. The molecule has 0 heterocycles. The maximum atomic E-state index is 14.6. The van der Waals surface area contributed by atoms with Gasteiger partial charge >= 0.3 is 0 Å². The number of hydrogen-bond donors (Lipinski definition) is 0. The molecule has 0 amide bonds. The molecule has 0 unspecified atom stereocenters. The summed E-state index contributed by atoms with van der Waals surface area (Å²) in [5, 5.41) is 3.87. The number of allylic oxidation sites excluding steroid dienone is 1. The SMILES string of the molecule is C/C(=C(/c1ccccc1)[Si](C)(C)C)[Si](C(=O)C12CC3CC(CC(C3)C1)C2)[Si](C)(C)C. The van der Waals surface area contributed by atoms with E-state index < -0.39 is 24.0 Å². The topological polar surface area (TPSA) is 17.1 Å². The van der Waals surface area contributed by atoms with Crippen LogP contribution in [0.1, 0.15) is 51.0 Å². The average Bonchev–Trinajstić information content (AvgIpc) is 2.59. The Morgan fingerprint density at radius 3 is 1.73 bits per heavy atom. The van der Waals surface area contributed by atoms with E-state index in [1.165, 1.54) is 49.3 Å². The molecule has 4 bridgehead atoms. The molecule has 163 valence electrons. The van der Waals surface area contributed by atoms with Gasteiger partial charge in [0.05, 0.1) is 15.7 Å². The normalized spacial score (nSPS) is 31.8. The molecular weight excluding hydrogens is 413 g/mol. The molecule has 5 rings (SSSR count). The van der Waals surface area contributed by atoms with Crippen molar-refractivity contribution in [3.8, 4) is 0 Å². The summed E-state index contributed by atoms with van der Waals surface area (Å²) in [6, 6.07) is 11.0. The molecule has 1 radical (unpaired) electrons. The van der Waals surface area contributed by atoms with Crippen molar-refractivity contribution >= 4 is 34.6 Å². The van der Waals surface area contributed by atoms with Gasteiger partial charge in [-0.3, -0.25) is 0 Å². The molecule has 4 aliphatic rings. The van der Waals surface area contributed by atoms with Gasteiger partial charge in [0.2, 0.25) is 0 Å². The molecule has 4 fully saturated rings. The van der Waals surface area contributed by atoms with Crippen molar-refractivity contribution in [2.45, 2.75) is 84.7 Å². The molecule has 4 heteroatoms. The number of carbonyl (C=O) groups excluding carboxylic acids is 1. The fraction of sp³-hybridized carbons (Fsp3) is 0.654. The van der Waals surface area contributed by atoms with Crippen LogP contribution in [0.3, 0.4) is 0 Å². The van der Waals surface area contributed by atoms with Crippen LogP contribution in [0.4, 0.5) is 0 Å². The lowest BCUT2D eigenvalue weighted by Gasteiger charge is -2.57. The maximum Gasteiger partial charge on any atom is 0.154 e. The Kier molecular flexibility index (Phi) is 5.77. The van der Waals surface area contributed by atoms with E-state index in [0.29, 0.717) is 0 Å². The third-order valence-corrected chi connectivity index (χ3v) is 20.3. The quantitative estimate of drug-likeness (QED) is 0.419. The fourth-order valence-corrected chi connectivity index (χ4v) is 21.7. The van der Waals surface area contributed by atoms with Crippen LogP contribution in [0.15, 0.2) is 35.5 Å². The molecule has 0 saturated heterocycles. The molecule has 4 aliphatic carbocycles. The van der Waals surface area contributed by atoms with Gasteiger partial charge < -0.3 is 4.79 Å². The highest BCUT2D eigenvalue weighted by Crippen LogP contribution is 2.61. The summed E-state index contributed by atoms with van der Waals surface area (Å²) in [6.45, 7) is 17.2. The first kappa shape index (κ1) is 22.5. The summed E-state index contributed by atoms with van der Waals surface area (Å²) in [5.41, 5.74) is 1.43. The molecule has 0 atom stereocenters. The van der Waals surface area contributed by atoms with E-state index in [0.717, 1.165) is 23.2 Å². The lowest BCUT2D eigenvalue weighted by atomic mass is 9.50. The summed E-state index contributed by atoms with van der Waals surface area (Å²) < 4.78 is 0. The second kappa shape index (κ2) is 7.70. The lowest BCUT2D eigenvalue weighted by Crippen LogP contribution is -2.60. The van der Waals surface area contributed by atoms with Crippen molar-refractivity contribution in [3.63, 3.8) is 0 Å². The minimum absolute atomic E-state index is 0.0474. The van der Waals surface area contributed by atoms with Crippen LogP contribution in [-0.2, 0) is 4.79 Å². The van der Waals surface area contributed by atoms with Gasteiger partial charge in [-0.15, -0.1) is 0 Å². The average molecular weight is 454 g/mol. The Balaban J connectivity index is 1.81. The van der Waals surface area contributed by atoms with E-state index in [4.69, 9.17) is 0 Å². The predicted molar refractivity (Wildman–Crippen MR) is 137 cm³/mol. The van der Waals surface area contributed by atoms with Crippen LogP contribution < -0.4 is 0 Å². The number of hydrogen-bond acceptors (Lipinski definition) is 1. The summed E-state index contributed by atoms with van der Waals surface area (Å²) in [5.74, 6) is 2.54. The summed E-state index contributed by atoms with van der Waals surface area (Å²) in [6.07, 6.45) is 7.91. The molecule has 1 aromatic carbocycles. The van der Waals surface area contributed by atoms with E-state index in [1.807, 2.05) is 0 Å². The predicted octanol–water partition coefficient (Wildman–Crippen LogP) is 7.11. The zero-order valence-electron chi connectivity index (χ0n) is 20.3. The lowest BCUT2D eigenvalue weighted by molar-refractivity contribution is -0.135. The molecule has 0 aliphatic heterocycles. The van der Waals surface area contributed by atoms with Gasteiger partial charge in [0.1, 0.15) is 5.41 Å². The molecule has 0 aromatic heterocycles. The molecule has 4 saturated carbocycles. The van der Waals surface area contributed by atoms with Gasteiger partial charge in [0.15, 0.2) is 8.31 Å². The smallest absolute Gasteiger partial charge is 0.154 e. The highest BCUT2D eigenvalue weighted by molar-refractivity contribution is 7.45. The maximum absolute atomic E-state index is 14.6. The standard InChI is InChI=1S/C26H41OSi3/c1-19(24(29(2,3)4)23-11-9-8-10-12-23)28(30(5,6)7)25(27)26-16-20-13-21(17-26)15-22(14-20)18-26/h8-12,20-22H,13-18H2,1-7H3/b24-19+. The first-order valence-corrected chi connectivity index (χ1v) is 21.6. The third-order valence-electron chi connectivity index (χ3n) is 8.06. The molecule has 30 heavy (non-hydrogen) atoms. The first-order chi connectivity index (χ1) is 13.9. The third kappa shape index (κ3) is 4.04. The van der Waals surface area contributed by atoms with E-state index in [1.54, 1.807) is 5.20 Å². The highest BCUT2D eigenvalue weighted by atomic mass is 29.2. The molecule has 1 nitrogen and oxygen atoms in total. The Labute approximate surface area is 188 Å². The zero-order chi connectivity index (χ0) is 21.9.